The summed E-state index contributed by atoms with van der Waals surface area (Å²) < 4.78 is 9.96. The average Bonchev–Trinajstić information content (AvgIpc) is 4.01. The third-order valence-electron chi connectivity index (χ3n) is 12.3. The topological polar surface area (TPSA) is 19.7 Å². The predicted molar refractivity (Wildman–Crippen MR) is 244 cm³/mol. The van der Waals surface area contributed by atoms with Crippen LogP contribution in [0.4, 0.5) is 0 Å². The number of hydrogen-bond acceptors (Lipinski definition) is 0. The zero-order valence-corrected chi connectivity index (χ0v) is 31.4. The summed E-state index contributed by atoms with van der Waals surface area (Å²) in [7, 11) is 0. The zero-order chi connectivity index (χ0) is 37.9. The molecular weight excluding hydrogens is 705 g/mol. The number of rotatable bonds is 4. The Bertz CT molecular complexity index is 3680. The molecule has 270 valence electrons. The fourth-order valence-corrected chi connectivity index (χ4v) is 9.98. The van der Waals surface area contributed by atoms with Crippen LogP contribution >= 0.6 is 0 Å². The average molecular weight is 739 g/mol. The van der Waals surface area contributed by atoms with Crippen LogP contribution in [-0.4, -0.2) is 18.3 Å². The minimum absolute atomic E-state index is 1.12. The highest BCUT2D eigenvalue weighted by molar-refractivity contribution is 6.24. The van der Waals surface area contributed by atoms with Crippen LogP contribution < -0.4 is 0 Å². The summed E-state index contributed by atoms with van der Waals surface area (Å²) in [5.74, 6) is 0. The molecule has 0 atom stereocenters. The third kappa shape index (κ3) is 4.18. The van der Waals surface area contributed by atoms with Crippen LogP contribution in [0.1, 0.15) is 0 Å². The lowest BCUT2D eigenvalue weighted by atomic mass is 10.1. The first-order valence-electron chi connectivity index (χ1n) is 20.0. The van der Waals surface area contributed by atoms with Gasteiger partial charge in [0.25, 0.3) is 0 Å². The van der Waals surface area contributed by atoms with E-state index in [0.717, 1.165) is 28.3 Å². The van der Waals surface area contributed by atoms with E-state index in [1.165, 1.54) is 81.7 Å². The van der Waals surface area contributed by atoms with Gasteiger partial charge in [0.1, 0.15) is 0 Å². The van der Waals surface area contributed by atoms with Gasteiger partial charge in [-0.2, -0.15) is 0 Å². The van der Waals surface area contributed by atoms with Crippen LogP contribution in [0.25, 0.3) is 110 Å². The van der Waals surface area contributed by atoms with Crippen LogP contribution in [0.3, 0.4) is 0 Å². The van der Waals surface area contributed by atoms with Crippen molar-refractivity contribution in [3.63, 3.8) is 0 Å². The minimum Gasteiger partial charge on any atom is -0.307 e. The van der Waals surface area contributed by atoms with Crippen LogP contribution in [0.15, 0.2) is 206 Å². The van der Waals surface area contributed by atoms with Crippen molar-refractivity contribution in [2.45, 2.75) is 0 Å². The van der Waals surface area contributed by atoms with Gasteiger partial charge in [0, 0.05) is 54.5 Å². The SMILES string of the molecule is c1ccc(-n2c3ccccc3c3ccc4c5cc(-n6c7ccccc7c7ccccc76)c(-n6c7ccccc7c7ccccc76)cc5n(-c5ccccc5)c4c32)cc1. The first-order chi connectivity index (χ1) is 28.8. The molecule has 0 saturated carbocycles. The molecule has 0 spiro atoms. The Labute approximate surface area is 333 Å². The van der Waals surface area contributed by atoms with E-state index >= 15 is 0 Å². The van der Waals surface area contributed by atoms with Crippen molar-refractivity contribution >= 4 is 87.2 Å². The van der Waals surface area contributed by atoms with Crippen LogP contribution in [0.5, 0.6) is 0 Å². The Kier molecular flexibility index (Phi) is 6.41. The molecule has 9 aromatic carbocycles. The van der Waals surface area contributed by atoms with E-state index in [4.69, 9.17) is 0 Å². The van der Waals surface area contributed by atoms with Crippen LogP contribution in [0, 0.1) is 0 Å². The molecule has 13 rings (SSSR count). The van der Waals surface area contributed by atoms with E-state index in [0.29, 0.717) is 0 Å². The molecule has 0 N–H and O–H groups in total. The smallest absolute Gasteiger partial charge is 0.0788 e. The first kappa shape index (κ1) is 31.4. The van der Waals surface area contributed by atoms with Crippen molar-refractivity contribution in [2.24, 2.45) is 0 Å². The number of hydrogen-bond donors (Lipinski definition) is 0. The van der Waals surface area contributed by atoms with Crippen molar-refractivity contribution < 1.29 is 0 Å². The Morgan fingerprint density at radius 2 is 0.517 bits per heavy atom. The van der Waals surface area contributed by atoms with Crippen molar-refractivity contribution in [3.8, 4) is 22.7 Å². The number of aromatic nitrogens is 4. The maximum Gasteiger partial charge on any atom is 0.0788 e. The molecule has 4 aromatic heterocycles. The second kappa shape index (κ2) is 11.8. The molecule has 0 aliphatic rings. The molecule has 4 nitrogen and oxygen atoms in total. The van der Waals surface area contributed by atoms with Gasteiger partial charge in [-0.25, -0.2) is 0 Å². The molecule has 0 fully saturated rings. The van der Waals surface area contributed by atoms with Gasteiger partial charge in [-0.1, -0.05) is 140 Å². The van der Waals surface area contributed by atoms with Crippen LogP contribution in [0.2, 0.25) is 0 Å². The lowest BCUT2D eigenvalue weighted by Crippen LogP contribution is -2.04. The summed E-state index contributed by atoms with van der Waals surface area (Å²) in [5.41, 5.74) is 14.0. The van der Waals surface area contributed by atoms with E-state index in [1.807, 2.05) is 0 Å². The fraction of sp³-hybridized carbons (Fsp3) is 0. The van der Waals surface area contributed by atoms with Gasteiger partial charge in [0.15, 0.2) is 0 Å². The molecule has 0 amide bonds. The van der Waals surface area contributed by atoms with Crippen molar-refractivity contribution in [2.75, 3.05) is 0 Å². The summed E-state index contributed by atoms with van der Waals surface area (Å²) in [6.45, 7) is 0. The molecule has 0 bridgehead atoms. The molecule has 0 aliphatic carbocycles. The Hall–Kier alpha value is -7.82. The zero-order valence-electron chi connectivity index (χ0n) is 31.4. The number of para-hydroxylation sites is 7. The van der Waals surface area contributed by atoms with Gasteiger partial charge in [0.2, 0.25) is 0 Å². The van der Waals surface area contributed by atoms with E-state index in [2.05, 4.69) is 225 Å². The molecular formula is C54H34N4. The maximum absolute atomic E-state index is 2.51. The van der Waals surface area contributed by atoms with Crippen molar-refractivity contribution in [3.05, 3.63) is 206 Å². The fourth-order valence-electron chi connectivity index (χ4n) is 9.98. The third-order valence-corrected chi connectivity index (χ3v) is 12.3. The molecule has 13 aromatic rings. The predicted octanol–water partition coefficient (Wildman–Crippen LogP) is 14.1. The Balaban J connectivity index is 1.29. The normalized spacial score (nSPS) is 12.1. The summed E-state index contributed by atoms with van der Waals surface area (Å²) >= 11 is 0. The number of fused-ring (bicyclic) bond motifs is 13. The van der Waals surface area contributed by atoms with Gasteiger partial charge in [-0.15, -0.1) is 0 Å². The van der Waals surface area contributed by atoms with E-state index < -0.39 is 0 Å². The molecule has 4 heteroatoms. The Morgan fingerprint density at radius 1 is 0.207 bits per heavy atom. The van der Waals surface area contributed by atoms with Crippen molar-refractivity contribution in [1.29, 1.82) is 0 Å². The minimum atomic E-state index is 1.12. The van der Waals surface area contributed by atoms with Gasteiger partial charge in [-0.3, -0.25) is 0 Å². The largest absolute Gasteiger partial charge is 0.307 e. The van der Waals surface area contributed by atoms with Gasteiger partial charge in [-0.05, 0) is 66.7 Å². The molecule has 0 saturated heterocycles. The second-order valence-electron chi connectivity index (χ2n) is 15.3. The summed E-state index contributed by atoms with van der Waals surface area (Å²) in [4.78, 5) is 0. The number of nitrogens with zero attached hydrogens (tertiary/aromatic N) is 4. The quantitative estimate of drug-likeness (QED) is 0.171. The Morgan fingerprint density at radius 3 is 0.948 bits per heavy atom. The first-order valence-corrected chi connectivity index (χ1v) is 20.0. The summed E-state index contributed by atoms with van der Waals surface area (Å²) in [6, 6.07) is 75.5. The van der Waals surface area contributed by atoms with E-state index in [-0.39, 0.29) is 0 Å². The lowest BCUT2D eigenvalue weighted by molar-refractivity contribution is 1.09. The van der Waals surface area contributed by atoms with Crippen molar-refractivity contribution in [1.82, 2.24) is 18.3 Å². The monoisotopic (exact) mass is 738 g/mol. The highest BCUT2D eigenvalue weighted by Crippen LogP contribution is 2.45. The van der Waals surface area contributed by atoms with Gasteiger partial charge in [0.05, 0.1) is 55.5 Å². The molecule has 0 radical (unpaired) electrons. The maximum atomic E-state index is 2.51. The highest BCUT2D eigenvalue weighted by atomic mass is 15.1. The molecule has 0 aliphatic heterocycles. The summed E-state index contributed by atoms with van der Waals surface area (Å²) in [6.07, 6.45) is 0. The second-order valence-corrected chi connectivity index (χ2v) is 15.3. The van der Waals surface area contributed by atoms with E-state index in [9.17, 15) is 0 Å². The van der Waals surface area contributed by atoms with Gasteiger partial charge < -0.3 is 18.3 Å². The molecule has 4 heterocycles. The molecule has 0 unspecified atom stereocenters. The standard InChI is InChI=1S/C54H34N4/c1-3-17-35(18-4-1)55-45-26-12-11-25-41(45)42-31-32-43-44-33-51(57-46-27-13-7-21-37(46)38-22-8-14-28-47(38)57)52(34-50(44)56(54(43)53(42)55)36-19-5-2-6-20-36)58-48-29-15-9-23-39(48)40-24-10-16-30-49(40)58/h1-34H. The molecule has 58 heavy (non-hydrogen) atoms. The van der Waals surface area contributed by atoms with Gasteiger partial charge >= 0.3 is 0 Å². The number of benzene rings is 9. The lowest BCUT2D eigenvalue weighted by Gasteiger charge is -2.18. The van der Waals surface area contributed by atoms with Crippen LogP contribution in [-0.2, 0) is 0 Å². The summed E-state index contributed by atoms with van der Waals surface area (Å²) in [5, 5.41) is 9.85. The van der Waals surface area contributed by atoms with E-state index in [1.54, 1.807) is 0 Å². The highest BCUT2D eigenvalue weighted by Gasteiger charge is 2.25.